The van der Waals surface area contributed by atoms with Crippen LogP contribution in [0.2, 0.25) is 5.02 Å². The zero-order valence-corrected chi connectivity index (χ0v) is 17.6. The molecule has 0 spiro atoms. The third-order valence-electron chi connectivity index (χ3n) is 5.65. The van der Waals surface area contributed by atoms with Crippen molar-refractivity contribution in [2.75, 3.05) is 0 Å². The number of amides is 3. The Balaban J connectivity index is 1.81. The van der Waals surface area contributed by atoms with Crippen LogP contribution in [-0.4, -0.2) is 28.7 Å². The second-order valence-electron chi connectivity index (χ2n) is 8.25. The molecule has 1 aromatic carbocycles. The van der Waals surface area contributed by atoms with Crippen molar-refractivity contribution >= 4 is 29.3 Å². The molecule has 3 amide bonds. The third-order valence-corrected chi connectivity index (χ3v) is 5.94. The Labute approximate surface area is 175 Å². The number of carbonyl (C=O) groups excluding carboxylic acids is 3. The molecular weight excluding hydrogens is 395 g/mol. The van der Waals surface area contributed by atoms with Gasteiger partial charge in [-0.05, 0) is 49.8 Å². The molecule has 1 N–H and O–H groups in total. The van der Waals surface area contributed by atoms with Crippen molar-refractivity contribution in [3.05, 3.63) is 46.8 Å². The molecule has 1 heterocycles. The number of halogens is 2. The first-order valence-electron chi connectivity index (χ1n) is 9.98. The predicted octanol–water partition coefficient (Wildman–Crippen LogP) is 4.02. The molecule has 0 aromatic heterocycles. The lowest BCUT2D eigenvalue weighted by molar-refractivity contribution is -0.148. The molecule has 1 aromatic rings. The number of hydrogen-bond acceptors (Lipinski definition) is 3. The number of benzene rings is 1. The fourth-order valence-corrected chi connectivity index (χ4v) is 4.27. The van der Waals surface area contributed by atoms with Gasteiger partial charge in [0.2, 0.25) is 17.7 Å². The smallest absolute Gasteiger partial charge is 0.243 e. The standard InChI is InChI=1S/C22H26ClFN2O3/c1-12(2)10-19(26-21(28)15-6-4-5-7-16(15)22(26)29)20(27)25-13(3)14-8-9-18(24)17(23)11-14/h4-5,8-9,11-13,15-16,19H,6-7,10H2,1-3H3,(H,25,27). The van der Waals surface area contributed by atoms with Crippen molar-refractivity contribution in [3.63, 3.8) is 0 Å². The molecular formula is C22H26ClFN2O3. The summed E-state index contributed by atoms with van der Waals surface area (Å²) in [5.74, 6) is -2.07. The maximum atomic E-state index is 13.4. The van der Waals surface area contributed by atoms with E-state index in [9.17, 15) is 18.8 Å². The normalized spacial score (nSPS) is 23.3. The molecule has 5 nitrogen and oxygen atoms in total. The predicted molar refractivity (Wildman–Crippen MR) is 108 cm³/mol. The number of fused-ring (bicyclic) bond motifs is 1. The summed E-state index contributed by atoms with van der Waals surface area (Å²) < 4.78 is 13.4. The summed E-state index contributed by atoms with van der Waals surface area (Å²) in [6, 6.07) is 2.95. The summed E-state index contributed by atoms with van der Waals surface area (Å²) in [4.78, 5) is 40.2. The molecule has 7 heteroatoms. The van der Waals surface area contributed by atoms with Crippen LogP contribution in [-0.2, 0) is 14.4 Å². The van der Waals surface area contributed by atoms with E-state index in [0.717, 1.165) is 0 Å². The molecule has 0 bridgehead atoms. The average Bonchev–Trinajstić information content (AvgIpc) is 2.92. The van der Waals surface area contributed by atoms with E-state index in [1.54, 1.807) is 13.0 Å². The van der Waals surface area contributed by atoms with Gasteiger partial charge in [-0.1, -0.05) is 43.7 Å². The second kappa shape index (κ2) is 8.66. The summed E-state index contributed by atoms with van der Waals surface area (Å²) in [6.07, 6.45) is 5.30. The molecule has 4 atom stereocenters. The van der Waals surface area contributed by atoms with Gasteiger partial charge in [0.1, 0.15) is 11.9 Å². The van der Waals surface area contributed by atoms with E-state index in [-0.39, 0.29) is 40.5 Å². The summed E-state index contributed by atoms with van der Waals surface area (Å²) in [5.41, 5.74) is 0.644. The van der Waals surface area contributed by atoms with Gasteiger partial charge in [-0.2, -0.15) is 0 Å². The summed E-state index contributed by atoms with van der Waals surface area (Å²) in [5, 5.41) is 2.84. The van der Waals surface area contributed by atoms with Crippen LogP contribution >= 0.6 is 11.6 Å². The average molecular weight is 421 g/mol. The first-order chi connectivity index (χ1) is 13.7. The van der Waals surface area contributed by atoms with Gasteiger partial charge < -0.3 is 5.32 Å². The SMILES string of the molecule is CC(C)CC(C(=O)NC(C)c1ccc(F)c(Cl)c1)N1C(=O)C2CC=CCC2C1=O. The summed E-state index contributed by atoms with van der Waals surface area (Å²) in [6.45, 7) is 5.65. The van der Waals surface area contributed by atoms with Gasteiger partial charge in [-0.15, -0.1) is 0 Å². The number of imide groups is 1. The highest BCUT2D eigenvalue weighted by atomic mass is 35.5. The molecule has 29 heavy (non-hydrogen) atoms. The van der Waals surface area contributed by atoms with E-state index in [0.29, 0.717) is 24.8 Å². The lowest BCUT2D eigenvalue weighted by Crippen LogP contribution is -2.51. The van der Waals surface area contributed by atoms with Gasteiger partial charge in [-0.3, -0.25) is 19.3 Å². The molecule has 3 rings (SSSR count). The van der Waals surface area contributed by atoms with Crippen LogP contribution in [0, 0.1) is 23.6 Å². The van der Waals surface area contributed by atoms with E-state index in [1.807, 2.05) is 26.0 Å². The summed E-state index contributed by atoms with van der Waals surface area (Å²) >= 11 is 5.85. The number of rotatable bonds is 6. The molecule has 2 aliphatic rings. The number of hydrogen-bond donors (Lipinski definition) is 1. The zero-order valence-electron chi connectivity index (χ0n) is 16.8. The fourth-order valence-electron chi connectivity index (χ4n) is 4.08. The molecule has 1 aliphatic carbocycles. The maximum absolute atomic E-state index is 13.4. The van der Waals surface area contributed by atoms with Crippen LogP contribution in [0.3, 0.4) is 0 Å². The Hall–Kier alpha value is -2.21. The van der Waals surface area contributed by atoms with Crippen molar-refractivity contribution in [1.29, 1.82) is 0 Å². The van der Waals surface area contributed by atoms with Crippen LogP contribution < -0.4 is 5.32 Å². The molecule has 156 valence electrons. The first kappa shape index (κ1) is 21.5. The molecule has 0 saturated carbocycles. The van der Waals surface area contributed by atoms with Crippen molar-refractivity contribution in [2.24, 2.45) is 17.8 Å². The minimum atomic E-state index is -0.862. The van der Waals surface area contributed by atoms with Crippen LogP contribution in [0.15, 0.2) is 30.4 Å². The van der Waals surface area contributed by atoms with E-state index in [4.69, 9.17) is 11.6 Å². The van der Waals surface area contributed by atoms with Gasteiger partial charge in [-0.25, -0.2) is 4.39 Å². The van der Waals surface area contributed by atoms with Crippen LogP contribution in [0.25, 0.3) is 0 Å². The van der Waals surface area contributed by atoms with E-state index in [1.165, 1.54) is 17.0 Å². The third kappa shape index (κ3) is 4.37. The Bertz CT molecular complexity index is 828. The van der Waals surface area contributed by atoms with Gasteiger partial charge >= 0.3 is 0 Å². The Kier molecular flexibility index (Phi) is 6.42. The van der Waals surface area contributed by atoms with Crippen molar-refractivity contribution in [3.8, 4) is 0 Å². The van der Waals surface area contributed by atoms with E-state index in [2.05, 4.69) is 5.32 Å². The molecule has 1 saturated heterocycles. The number of nitrogens with zero attached hydrogens (tertiary/aromatic N) is 1. The lowest BCUT2D eigenvalue weighted by Gasteiger charge is -2.28. The van der Waals surface area contributed by atoms with Gasteiger partial charge in [0.05, 0.1) is 22.9 Å². The minimum Gasteiger partial charge on any atom is -0.348 e. The van der Waals surface area contributed by atoms with Gasteiger partial charge in [0.15, 0.2) is 0 Å². The van der Waals surface area contributed by atoms with Crippen LogP contribution in [0.1, 0.15) is 51.6 Å². The topological polar surface area (TPSA) is 66.5 Å². The minimum absolute atomic E-state index is 0.0243. The summed E-state index contributed by atoms with van der Waals surface area (Å²) in [7, 11) is 0. The number of carbonyl (C=O) groups is 3. The van der Waals surface area contributed by atoms with Crippen molar-refractivity contribution in [2.45, 2.75) is 52.1 Å². The highest BCUT2D eigenvalue weighted by molar-refractivity contribution is 6.30. The molecule has 4 unspecified atom stereocenters. The zero-order chi connectivity index (χ0) is 21.3. The monoisotopic (exact) mass is 420 g/mol. The van der Waals surface area contributed by atoms with E-state index < -0.39 is 17.9 Å². The number of nitrogens with one attached hydrogen (secondary N) is 1. The Morgan fingerprint density at radius 2 is 1.76 bits per heavy atom. The van der Waals surface area contributed by atoms with Crippen LogP contribution in [0.4, 0.5) is 4.39 Å². The number of likely N-dealkylation sites (tertiary alicyclic amines) is 1. The van der Waals surface area contributed by atoms with Crippen LogP contribution in [0.5, 0.6) is 0 Å². The quantitative estimate of drug-likeness (QED) is 0.558. The Morgan fingerprint density at radius 3 is 2.28 bits per heavy atom. The van der Waals surface area contributed by atoms with Crippen molar-refractivity contribution in [1.82, 2.24) is 10.2 Å². The number of allylic oxidation sites excluding steroid dienone is 2. The second-order valence-corrected chi connectivity index (χ2v) is 8.66. The van der Waals surface area contributed by atoms with E-state index >= 15 is 0 Å². The van der Waals surface area contributed by atoms with Crippen molar-refractivity contribution < 1.29 is 18.8 Å². The largest absolute Gasteiger partial charge is 0.348 e. The van der Waals surface area contributed by atoms with Gasteiger partial charge in [0, 0.05) is 0 Å². The maximum Gasteiger partial charge on any atom is 0.243 e. The highest BCUT2D eigenvalue weighted by Gasteiger charge is 2.51. The lowest BCUT2D eigenvalue weighted by atomic mass is 9.85. The molecule has 1 fully saturated rings. The fraction of sp³-hybridized carbons (Fsp3) is 0.500. The van der Waals surface area contributed by atoms with Gasteiger partial charge in [0.25, 0.3) is 0 Å². The first-order valence-corrected chi connectivity index (χ1v) is 10.4. The highest BCUT2D eigenvalue weighted by Crippen LogP contribution is 2.37. The molecule has 0 radical (unpaired) electrons. The Morgan fingerprint density at radius 1 is 1.17 bits per heavy atom. The molecule has 1 aliphatic heterocycles.